The molecule has 240 valence electrons. The van der Waals surface area contributed by atoms with Gasteiger partial charge in [0.1, 0.15) is 17.0 Å². The van der Waals surface area contributed by atoms with Crippen molar-refractivity contribution in [1.82, 2.24) is 9.55 Å². The minimum absolute atomic E-state index is 0.175. The van der Waals surface area contributed by atoms with E-state index in [1.165, 1.54) is 50.2 Å². The van der Waals surface area contributed by atoms with E-state index in [-0.39, 0.29) is 5.41 Å². The standard InChI is InChI=1S/C46H40N2O/c1-27(2)36-25-30(29-15-8-7-9-16-29)26-37(28(3)4)42(36)48-40-22-13-12-21-39(40)47-45(48)35-19-14-18-33-34-24-23-32-31-17-10-11-20-38(31)46(5,6)41(32)44(34)49-43(33)35/h7-28H,1-6H3. The summed E-state index contributed by atoms with van der Waals surface area (Å²) in [6.07, 6.45) is 0. The normalized spacial score (nSPS) is 13.6. The highest BCUT2D eigenvalue weighted by atomic mass is 16.3. The van der Waals surface area contributed by atoms with Gasteiger partial charge in [-0.25, -0.2) is 4.98 Å². The maximum atomic E-state index is 7.11. The first kappa shape index (κ1) is 29.7. The Morgan fingerprint density at radius 2 is 1.24 bits per heavy atom. The zero-order valence-electron chi connectivity index (χ0n) is 29.0. The van der Waals surface area contributed by atoms with Crippen LogP contribution in [0.2, 0.25) is 0 Å². The van der Waals surface area contributed by atoms with Gasteiger partial charge in [0.2, 0.25) is 0 Å². The van der Waals surface area contributed by atoms with Gasteiger partial charge in [-0.3, -0.25) is 4.57 Å². The van der Waals surface area contributed by atoms with E-state index >= 15 is 0 Å². The molecule has 2 aromatic heterocycles. The molecular weight excluding hydrogens is 597 g/mol. The molecule has 0 unspecified atom stereocenters. The highest BCUT2D eigenvalue weighted by Gasteiger charge is 2.38. The quantitative estimate of drug-likeness (QED) is 0.188. The Kier molecular flexibility index (Phi) is 6.55. The summed E-state index contributed by atoms with van der Waals surface area (Å²) in [6.45, 7) is 13.9. The number of hydrogen-bond donors (Lipinski definition) is 0. The van der Waals surface area contributed by atoms with Crippen LogP contribution in [0.15, 0.2) is 126 Å². The summed E-state index contributed by atoms with van der Waals surface area (Å²) in [6, 6.07) is 44.0. The number of rotatable bonds is 5. The molecule has 0 saturated carbocycles. The fourth-order valence-corrected chi connectivity index (χ4v) is 8.33. The largest absolute Gasteiger partial charge is 0.455 e. The summed E-state index contributed by atoms with van der Waals surface area (Å²) < 4.78 is 9.53. The highest BCUT2D eigenvalue weighted by Crippen LogP contribution is 2.53. The number of imidazole rings is 1. The second kappa shape index (κ2) is 10.8. The van der Waals surface area contributed by atoms with Gasteiger partial charge in [-0.05, 0) is 87.2 Å². The summed E-state index contributed by atoms with van der Waals surface area (Å²) in [5.74, 6) is 1.48. The second-order valence-corrected chi connectivity index (χ2v) is 14.8. The van der Waals surface area contributed by atoms with Crippen LogP contribution < -0.4 is 0 Å². The molecular formula is C46H40N2O. The Labute approximate surface area is 287 Å². The predicted octanol–water partition coefficient (Wildman–Crippen LogP) is 12.8. The predicted molar refractivity (Wildman–Crippen MR) is 205 cm³/mol. The van der Waals surface area contributed by atoms with Crippen LogP contribution in [-0.4, -0.2) is 9.55 Å². The van der Waals surface area contributed by atoms with Crippen LogP contribution in [0.5, 0.6) is 0 Å². The van der Waals surface area contributed by atoms with Gasteiger partial charge in [0.25, 0.3) is 0 Å². The lowest BCUT2D eigenvalue weighted by atomic mass is 9.82. The Hall–Kier alpha value is -5.41. The first-order valence-electron chi connectivity index (χ1n) is 17.5. The molecule has 3 nitrogen and oxygen atoms in total. The molecule has 0 amide bonds. The van der Waals surface area contributed by atoms with Crippen LogP contribution >= 0.6 is 0 Å². The lowest BCUT2D eigenvalue weighted by Crippen LogP contribution is -2.15. The van der Waals surface area contributed by atoms with Gasteiger partial charge >= 0.3 is 0 Å². The fourth-order valence-electron chi connectivity index (χ4n) is 8.33. The summed E-state index contributed by atoms with van der Waals surface area (Å²) in [5.41, 5.74) is 16.3. The number of hydrogen-bond acceptors (Lipinski definition) is 2. The molecule has 0 fully saturated rings. The monoisotopic (exact) mass is 636 g/mol. The SMILES string of the molecule is CC(C)c1cc(-c2ccccc2)cc(C(C)C)c1-n1c(-c2cccc3c2oc2c4c(ccc23)-c2ccccc2C4(C)C)nc2ccccc21. The van der Waals surface area contributed by atoms with Gasteiger partial charge in [0.15, 0.2) is 0 Å². The summed E-state index contributed by atoms with van der Waals surface area (Å²) in [4.78, 5) is 5.40. The molecule has 6 aromatic carbocycles. The zero-order valence-corrected chi connectivity index (χ0v) is 29.0. The first-order valence-corrected chi connectivity index (χ1v) is 17.5. The van der Waals surface area contributed by atoms with Crippen molar-refractivity contribution in [2.24, 2.45) is 0 Å². The van der Waals surface area contributed by atoms with Crippen LogP contribution in [0, 0.1) is 0 Å². The molecule has 2 heterocycles. The van der Waals surface area contributed by atoms with Crippen LogP contribution in [0.1, 0.15) is 75.6 Å². The van der Waals surface area contributed by atoms with E-state index in [1.54, 1.807) is 0 Å². The molecule has 0 bridgehead atoms. The van der Waals surface area contributed by atoms with E-state index in [0.29, 0.717) is 11.8 Å². The highest BCUT2D eigenvalue weighted by molar-refractivity contribution is 6.12. The van der Waals surface area contributed by atoms with E-state index in [4.69, 9.17) is 9.40 Å². The first-order chi connectivity index (χ1) is 23.7. The van der Waals surface area contributed by atoms with Gasteiger partial charge in [-0.15, -0.1) is 0 Å². The number of furan rings is 1. The van der Waals surface area contributed by atoms with Crippen molar-refractivity contribution in [3.63, 3.8) is 0 Å². The maximum absolute atomic E-state index is 7.11. The van der Waals surface area contributed by atoms with Gasteiger partial charge in [0.05, 0.1) is 22.3 Å². The Morgan fingerprint density at radius 3 is 2.00 bits per heavy atom. The summed E-state index contributed by atoms with van der Waals surface area (Å²) in [5, 5.41) is 2.27. The molecule has 49 heavy (non-hydrogen) atoms. The number of fused-ring (bicyclic) bond motifs is 8. The van der Waals surface area contributed by atoms with Crippen molar-refractivity contribution >= 4 is 33.0 Å². The van der Waals surface area contributed by atoms with Crippen LogP contribution in [0.3, 0.4) is 0 Å². The number of nitrogens with zero attached hydrogens (tertiary/aromatic N) is 2. The molecule has 1 aliphatic rings. The molecule has 9 rings (SSSR count). The minimum atomic E-state index is -0.175. The average Bonchev–Trinajstić information content (AvgIpc) is 3.76. The maximum Gasteiger partial charge on any atom is 0.149 e. The van der Waals surface area contributed by atoms with Crippen molar-refractivity contribution in [3.8, 4) is 39.3 Å². The minimum Gasteiger partial charge on any atom is -0.455 e. The van der Waals surface area contributed by atoms with E-state index < -0.39 is 0 Å². The van der Waals surface area contributed by atoms with Crippen LogP contribution in [-0.2, 0) is 5.41 Å². The lowest BCUT2D eigenvalue weighted by molar-refractivity contribution is 0.620. The zero-order chi connectivity index (χ0) is 33.6. The molecule has 8 aromatic rings. The van der Waals surface area contributed by atoms with Gasteiger partial charge < -0.3 is 4.42 Å². The Morgan fingerprint density at radius 1 is 0.592 bits per heavy atom. The summed E-state index contributed by atoms with van der Waals surface area (Å²) >= 11 is 0. The second-order valence-electron chi connectivity index (χ2n) is 14.8. The van der Waals surface area contributed by atoms with E-state index in [0.717, 1.165) is 44.4 Å². The average molecular weight is 637 g/mol. The van der Waals surface area contributed by atoms with E-state index in [2.05, 4.69) is 167 Å². The third-order valence-electron chi connectivity index (χ3n) is 10.7. The third kappa shape index (κ3) is 4.31. The molecule has 0 saturated heterocycles. The van der Waals surface area contributed by atoms with Gasteiger partial charge in [-0.2, -0.15) is 0 Å². The number of benzene rings is 6. The molecule has 0 N–H and O–H groups in total. The molecule has 0 aliphatic heterocycles. The van der Waals surface area contributed by atoms with Crippen molar-refractivity contribution < 1.29 is 4.42 Å². The van der Waals surface area contributed by atoms with Crippen molar-refractivity contribution in [1.29, 1.82) is 0 Å². The van der Waals surface area contributed by atoms with Crippen LogP contribution in [0.4, 0.5) is 0 Å². The molecule has 3 heteroatoms. The van der Waals surface area contributed by atoms with Crippen LogP contribution in [0.25, 0.3) is 72.3 Å². The van der Waals surface area contributed by atoms with Crippen molar-refractivity contribution in [3.05, 3.63) is 144 Å². The molecule has 1 aliphatic carbocycles. The van der Waals surface area contributed by atoms with Crippen molar-refractivity contribution in [2.45, 2.75) is 58.8 Å². The third-order valence-corrected chi connectivity index (χ3v) is 10.7. The smallest absolute Gasteiger partial charge is 0.149 e. The summed E-state index contributed by atoms with van der Waals surface area (Å²) in [7, 11) is 0. The van der Waals surface area contributed by atoms with Gasteiger partial charge in [-0.1, -0.05) is 126 Å². The van der Waals surface area contributed by atoms with Gasteiger partial charge in [0, 0.05) is 21.8 Å². The topological polar surface area (TPSA) is 31.0 Å². The number of para-hydroxylation sites is 3. The molecule has 0 atom stereocenters. The number of aromatic nitrogens is 2. The van der Waals surface area contributed by atoms with Crippen molar-refractivity contribution in [2.75, 3.05) is 0 Å². The molecule has 0 radical (unpaired) electrons. The Bertz CT molecular complexity index is 2550. The fraction of sp³-hybridized carbons (Fsp3) is 0.196. The molecule has 0 spiro atoms. The van der Waals surface area contributed by atoms with E-state index in [9.17, 15) is 0 Å². The Balaban J connectivity index is 1.35. The van der Waals surface area contributed by atoms with E-state index in [1.807, 2.05) is 0 Å². The lowest BCUT2D eigenvalue weighted by Gasteiger charge is -2.24.